The molecule has 13 nitrogen and oxygen atoms in total. The topological polar surface area (TPSA) is 156 Å². The van der Waals surface area contributed by atoms with Crippen LogP contribution in [-0.2, 0) is 16.8 Å². The number of aromatic nitrogens is 2. The smallest absolute Gasteiger partial charge is 0.262 e. The molecule has 4 aromatic rings. The number of anilines is 1. The van der Waals surface area contributed by atoms with Crippen molar-refractivity contribution < 1.29 is 38.7 Å². The van der Waals surface area contributed by atoms with Gasteiger partial charge in [-0.3, -0.25) is 19.8 Å². The van der Waals surface area contributed by atoms with Crippen LogP contribution in [0.4, 0.5) is 5.95 Å². The quantitative estimate of drug-likeness (QED) is 0.134. The molecule has 1 spiro atoms. The summed E-state index contributed by atoms with van der Waals surface area (Å²) in [7, 11) is 0. The van der Waals surface area contributed by atoms with Gasteiger partial charge >= 0.3 is 0 Å². The minimum atomic E-state index is -1.20. The van der Waals surface area contributed by atoms with Crippen LogP contribution >= 0.6 is 0 Å². The molecule has 3 unspecified atom stereocenters. The van der Waals surface area contributed by atoms with E-state index in [-0.39, 0.29) is 16.5 Å². The predicted molar refractivity (Wildman–Crippen MR) is 198 cm³/mol. The van der Waals surface area contributed by atoms with Crippen LogP contribution < -0.4 is 24.4 Å². The second kappa shape index (κ2) is 14.6. The van der Waals surface area contributed by atoms with Crippen LogP contribution in [0.5, 0.6) is 17.2 Å². The summed E-state index contributed by atoms with van der Waals surface area (Å²) in [5, 5.41) is 22.7. The van der Waals surface area contributed by atoms with Gasteiger partial charge in [0.2, 0.25) is 5.95 Å². The number of carbonyl (C=O) groups excluding carboxylic acids is 2. The van der Waals surface area contributed by atoms with Crippen molar-refractivity contribution in [3.8, 4) is 17.2 Å². The Labute approximate surface area is 313 Å². The second-order valence-corrected chi connectivity index (χ2v) is 15.2. The fourth-order valence-electron chi connectivity index (χ4n) is 7.57. The van der Waals surface area contributed by atoms with Crippen LogP contribution in [0, 0.1) is 5.41 Å². The predicted octanol–water partition coefficient (Wildman–Crippen LogP) is 4.05. The Morgan fingerprint density at radius 3 is 2.11 bits per heavy atom. The summed E-state index contributed by atoms with van der Waals surface area (Å²) in [6.45, 7) is 9.07. The van der Waals surface area contributed by atoms with Crippen LogP contribution in [0.25, 0.3) is 0 Å². The highest BCUT2D eigenvalue weighted by Crippen LogP contribution is 2.39. The van der Waals surface area contributed by atoms with Crippen molar-refractivity contribution >= 4 is 17.8 Å². The first-order valence-electron chi connectivity index (χ1n) is 18.5. The summed E-state index contributed by atoms with van der Waals surface area (Å²) in [4.78, 5) is 38.6. The molecular weight excluding hydrogens is 690 g/mol. The molecule has 0 aliphatic carbocycles. The number of carbonyl (C=O) groups is 2. The molecule has 0 saturated carbocycles. The van der Waals surface area contributed by atoms with Gasteiger partial charge in [0, 0.05) is 31.1 Å². The van der Waals surface area contributed by atoms with Gasteiger partial charge < -0.3 is 34.1 Å². The second-order valence-electron chi connectivity index (χ2n) is 15.2. The lowest BCUT2D eigenvalue weighted by Crippen LogP contribution is -2.66. The summed E-state index contributed by atoms with van der Waals surface area (Å²) >= 11 is 0. The van der Waals surface area contributed by atoms with E-state index in [4.69, 9.17) is 23.9 Å². The Balaban J connectivity index is 0.783. The normalized spacial score (nSPS) is 21.7. The Kier molecular flexibility index (Phi) is 9.73. The van der Waals surface area contributed by atoms with E-state index < -0.39 is 30.3 Å². The molecule has 3 aromatic carbocycles. The molecule has 4 aliphatic rings. The van der Waals surface area contributed by atoms with Gasteiger partial charge in [0.05, 0.1) is 54.7 Å². The van der Waals surface area contributed by atoms with Gasteiger partial charge in [-0.15, -0.1) is 0 Å². The van der Waals surface area contributed by atoms with Crippen LogP contribution in [-0.4, -0.2) is 94.9 Å². The van der Waals surface area contributed by atoms with E-state index in [0.717, 1.165) is 65.5 Å². The first-order chi connectivity index (χ1) is 26.1. The Hall–Kier alpha value is -5.08. The van der Waals surface area contributed by atoms with Gasteiger partial charge in [0.1, 0.15) is 36.3 Å². The first-order valence-corrected chi connectivity index (χ1v) is 18.5. The largest absolute Gasteiger partial charge is 0.493 e. The number of hydrogen-bond donors (Lipinski definition) is 3. The zero-order chi connectivity index (χ0) is 37.5. The highest BCUT2D eigenvalue weighted by atomic mass is 16.5. The average molecular weight is 736 g/mol. The van der Waals surface area contributed by atoms with Crippen LogP contribution in [0.15, 0.2) is 79.0 Å². The number of nitrogens with one attached hydrogen (secondary N) is 1. The molecule has 2 amide bonds. The number of hydrogen-bond acceptors (Lipinski definition) is 12. The molecular formula is C41H45N5O8. The molecule has 0 bridgehead atoms. The minimum Gasteiger partial charge on any atom is -0.493 e. The van der Waals surface area contributed by atoms with Crippen LogP contribution in [0.1, 0.15) is 70.6 Å². The van der Waals surface area contributed by atoms with E-state index >= 15 is 0 Å². The molecule has 1 aromatic heterocycles. The van der Waals surface area contributed by atoms with E-state index in [1.807, 2.05) is 30.3 Å². The van der Waals surface area contributed by atoms with E-state index in [9.17, 15) is 19.8 Å². The van der Waals surface area contributed by atoms with Gasteiger partial charge in [-0.1, -0.05) is 38.1 Å². The maximum atomic E-state index is 13.1. The summed E-state index contributed by atoms with van der Waals surface area (Å²) in [6, 6.07) is 22.2. The number of benzene rings is 3. The zero-order valence-electron chi connectivity index (χ0n) is 30.4. The molecule has 8 rings (SSSR count). The molecule has 0 radical (unpaired) electrons. The number of amides is 2. The molecule has 5 heterocycles. The number of nitrogens with zero attached hydrogens (tertiary/aromatic N) is 4. The van der Waals surface area contributed by atoms with Gasteiger partial charge in [0.15, 0.2) is 0 Å². The third kappa shape index (κ3) is 7.12. The Bertz CT molecular complexity index is 1990. The van der Waals surface area contributed by atoms with Crippen LogP contribution in [0.2, 0.25) is 0 Å². The fraction of sp³-hybridized carbons (Fsp3) is 0.415. The molecule has 3 N–H and O–H groups in total. The monoisotopic (exact) mass is 735 g/mol. The summed E-state index contributed by atoms with van der Waals surface area (Å²) in [5.74, 6) is 1.81. The molecule has 4 aliphatic heterocycles. The van der Waals surface area contributed by atoms with Crippen molar-refractivity contribution in [3.63, 3.8) is 0 Å². The first kappa shape index (κ1) is 35.9. The summed E-state index contributed by atoms with van der Waals surface area (Å²) in [6.07, 6.45) is 0.951. The van der Waals surface area contributed by atoms with E-state index in [1.54, 1.807) is 24.4 Å². The van der Waals surface area contributed by atoms with Crippen molar-refractivity contribution in [2.75, 3.05) is 44.4 Å². The molecule has 282 valence electrons. The fourth-order valence-corrected chi connectivity index (χ4v) is 7.57. The zero-order valence-corrected chi connectivity index (χ0v) is 30.4. The minimum absolute atomic E-state index is 0.243. The third-order valence-electron chi connectivity index (χ3n) is 10.9. The molecule has 3 saturated heterocycles. The van der Waals surface area contributed by atoms with Gasteiger partial charge in [-0.2, -0.15) is 0 Å². The van der Waals surface area contributed by atoms with E-state index in [1.165, 1.54) is 0 Å². The number of ether oxygens (including phenoxy) is 4. The van der Waals surface area contributed by atoms with Gasteiger partial charge in [0.25, 0.3) is 11.8 Å². The maximum Gasteiger partial charge on any atom is 0.262 e. The summed E-state index contributed by atoms with van der Waals surface area (Å²) < 4.78 is 23.3. The lowest BCUT2D eigenvalue weighted by molar-refractivity contribution is -0.127. The molecule has 3 atom stereocenters. The van der Waals surface area contributed by atoms with Gasteiger partial charge in [-0.25, -0.2) is 9.97 Å². The molecule has 13 heteroatoms. The number of aliphatic hydroxyl groups is 2. The molecule has 54 heavy (non-hydrogen) atoms. The van der Waals surface area contributed by atoms with Crippen molar-refractivity contribution in [2.45, 2.75) is 63.6 Å². The highest BCUT2D eigenvalue weighted by molar-refractivity contribution is 6.21. The maximum absolute atomic E-state index is 13.1. The number of piperidine rings is 1. The van der Waals surface area contributed by atoms with Crippen molar-refractivity contribution in [2.24, 2.45) is 5.41 Å². The average Bonchev–Trinajstić information content (AvgIpc) is 3.38. The number of rotatable bonds is 13. The van der Waals surface area contributed by atoms with Crippen LogP contribution in [0.3, 0.4) is 0 Å². The summed E-state index contributed by atoms with van der Waals surface area (Å²) in [5.41, 5.74) is 3.72. The number of aliphatic hydroxyl groups excluding tert-OH is 2. The van der Waals surface area contributed by atoms with Crippen molar-refractivity contribution in [1.82, 2.24) is 20.2 Å². The lowest BCUT2D eigenvalue weighted by Gasteiger charge is -2.54. The Morgan fingerprint density at radius 2 is 1.46 bits per heavy atom. The number of imide groups is 1. The van der Waals surface area contributed by atoms with Gasteiger partial charge in [-0.05, 0) is 72.5 Å². The SMILES string of the molecule is CC(C)(c1ccc(OCCCOc2ccc3c(c2)C(=O)N(C2CCC(O)NC2O)C3=O)cc1)c1ccc(OCc2ccnc(N3CC4(COC4)C3)n2)cc1. The van der Waals surface area contributed by atoms with E-state index in [2.05, 4.69) is 53.3 Å². The molecule has 3 fully saturated rings. The number of fused-ring (bicyclic) bond motifs is 1. The third-order valence-corrected chi connectivity index (χ3v) is 10.9. The highest BCUT2D eigenvalue weighted by Gasteiger charge is 2.50. The van der Waals surface area contributed by atoms with Crippen molar-refractivity contribution in [1.29, 1.82) is 0 Å². The van der Waals surface area contributed by atoms with Crippen molar-refractivity contribution in [3.05, 3.63) is 107 Å². The lowest BCUT2D eigenvalue weighted by atomic mass is 9.78. The standard InChI is InChI=1S/C41H45N5O8/c1-40(2,27-6-10-30(11-7-27)54-21-28-16-17-42-39(43-28)45-22-41(23-45)24-51-25-41)26-4-8-29(9-5-26)52-18-3-19-53-31-12-13-32-33(20-31)38(50)46(37(32)49)34-14-15-35(47)44-36(34)48/h4-13,16-17,20,34-36,44,47-48H,3,14-15,18-19,21-25H2,1-2H3. The van der Waals surface area contributed by atoms with E-state index in [0.29, 0.717) is 50.2 Å². The Morgan fingerprint density at radius 1 is 0.833 bits per heavy atom.